The van der Waals surface area contributed by atoms with Gasteiger partial charge in [0.25, 0.3) is 0 Å². The highest BCUT2D eigenvalue weighted by Gasteiger charge is 2.48. The molecule has 0 spiro atoms. The van der Waals surface area contributed by atoms with E-state index in [4.69, 9.17) is 9.47 Å². The molecule has 0 saturated heterocycles. The summed E-state index contributed by atoms with van der Waals surface area (Å²) >= 11 is 0. The molecule has 0 heterocycles. The predicted octanol–water partition coefficient (Wildman–Crippen LogP) is 2.87. The monoisotopic (exact) mass is 292 g/mol. The summed E-state index contributed by atoms with van der Waals surface area (Å²) < 4.78 is 10.3. The van der Waals surface area contributed by atoms with Crippen molar-refractivity contribution in [2.45, 2.75) is 46.0 Å². The molecule has 21 heavy (non-hydrogen) atoms. The molecule has 0 aromatic carbocycles. The second-order valence-electron chi connectivity index (χ2n) is 6.58. The van der Waals surface area contributed by atoms with Crippen molar-refractivity contribution in [1.29, 1.82) is 0 Å². The summed E-state index contributed by atoms with van der Waals surface area (Å²) in [7, 11) is 0. The fourth-order valence-corrected chi connectivity index (χ4v) is 4.83. The first kappa shape index (κ1) is 14.6. The van der Waals surface area contributed by atoms with Gasteiger partial charge in [-0.15, -0.1) is 0 Å². The topological polar surface area (TPSA) is 52.6 Å². The van der Waals surface area contributed by atoms with Gasteiger partial charge < -0.3 is 9.47 Å². The molecule has 0 N–H and O–H groups in total. The van der Waals surface area contributed by atoms with Gasteiger partial charge in [0.05, 0.1) is 13.2 Å². The number of rotatable bonds is 4. The fourth-order valence-electron chi connectivity index (χ4n) is 4.83. The summed E-state index contributed by atoms with van der Waals surface area (Å²) in [5.41, 5.74) is 1.27. The highest BCUT2D eigenvalue weighted by Crippen LogP contribution is 2.57. The molecule has 0 aromatic rings. The van der Waals surface area contributed by atoms with Crippen LogP contribution in [0.5, 0.6) is 0 Å². The normalized spacial score (nSPS) is 33.0. The molecule has 0 aromatic heterocycles. The van der Waals surface area contributed by atoms with Crippen molar-refractivity contribution < 1.29 is 19.1 Å². The van der Waals surface area contributed by atoms with Crippen molar-refractivity contribution in [2.75, 3.05) is 13.2 Å². The first-order valence-corrected chi connectivity index (χ1v) is 8.22. The van der Waals surface area contributed by atoms with E-state index in [0.717, 1.165) is 43.1 Å². The van der Waals surface area contributed by atoms with Crippen LogP contribution < -0.4 is 0 Å². The molecule has 4 rings (SSSR count). The Balaban J connectivity index is 1.97. The van der Waals surface area contributed by atoms with Gasteiger partial charge in [-0.25, -0.2) is 9.59 Å². The van der Waals surface area contributed by atoms with Crippen LogP contribution in [0.3, 0.4) is 0 Å². The number of hydrogen-bond acceptors (Lipinski definition) is 4. The van der Waals surface area contributed by atoms with E-state index in [-0.39, 0.29) is 18.8 Å². The number of carbonyl (C=O) groups excluding carboxylic acids is 2. The second-order valence-corrected chi connectivity index (χ2v) is 6.58. The van der Waals surface area contributed by atoms with Gasteiger partial charge in [0.15, 0.2) is 0 Å². The molecule has 4 aliphatic carbocycles. The maximum absolute atomic E-state index is 12.3. The Morgan fingerprint density at radius 1 is 0.857 bits per heavy atom. The highest BCUT2D eigenvalue weighted by molar-refractivity contribution is 6.15. The molecule has 0 unspecified atom stereocenters. The van der Waals surface area contributed by atoms with E-state index >= 15 is 0 Å². The average molecular weight is 292 g/mol. The third-order valence-electron chi connectivity index (χ3n) is 5.27. The lowest BCUT2D eigenvalue weighted by Crippen LogP contribution is -2.42. The van der Waals surface area contributed by atoms with Gasteiger partial charge in [-0.2, -0.15) is 0 Å². The first-order valence-electron chi connectivity index (χ1n) is 8.22. The van der Waals surface area contributed by atoms with Gasteiger partial charge in [0.2, 0.25) is 0 Å². The SMILES string of the molecule is CCOC(=O)C(C(=O)OCC)=C1C2CC3CC(C2)CC1C3. The lowest BCUT2D eigenvalue weighted by molar-refractivity contribution is -0.147. The summed E-state index contributed by atoms with van der Waals surface area (Å²) in [6.45, 7) is 4.11. The zero-order valence-electron chi connectivity index (χ0n) is 12.9. The Labute approximate surface area is 125 Å². The second kappa shape index (κ2) is 5.82. The van der Waals surface area contributed by atoms with Crippen LogP contribution in [0.1, 0.15) is 46.0 Å². The van der Waals surface area contributed by atoms with Crippen LogP contribution in [0.15, 0.2) is 11.1 Å². The number of esters is 2. The molecule has 4 bridgehead atoms. The number of ether oxygens (including phenoxy) is 2. The lowest BCUT2D eigenvalue weighted by Gasteiger charge is -2.51. The minimum atomic E-state index is -0.488. The molecular formula is C17H24O4. The van der Waals surface area contributed by atoms with Gasteiger partial charge in [-0.1, -0.05) is 0 Å². The number of hydrogen-bond donors (Lipinski definition) is 0. The van der Waals surface area contributed by atoms with Gasteiger partial charge in [-0.05, 0) is 75.2 Å². The fraction of sp³-hybridized carbons (Fsp3) is 0.765. The van der Waals surface area contributed by atoms with E-state index in [2.05, 4.69) is 0 Å². The van der Waals surface area contributed by atoms with Crippen molar-refractivity contribution in [3.8, 4) is 0 Å². The van der Waals surface area contributed by atoms with Crippen LogP contribution in [0.2, 0.25) is 0 Å². The summed E-state index contributed by atoms with van der Waals surface area (Å²) in [6.07, 6.45) is 5.86. The molecule has 4 nitrogen and oxygen atoms in total. The van der Waals surface area contributed by atoms with Crippen molar-refractivity contribution in [3.63, 3.8) is 0 Å². The minimum absolute atomic E-state index is 0.215. The number of allylic oxidation sites excluding steroid dienone is 1. The van der Waals surface area contributed by atoms with Crippen LogP contribution in [0, 0.1) is 23.7 Å². The van der Waals surface area contributed by atoms with E-state index in [1.54, 1.807) is 13.8 Å². The van der Waals surface area contributed by atoms with Crippen LogP contribution in [-0.4, -0.2) is 25.2 Å². The summed E-state index contributed by atoms with van der Waals surface area (Å²) in [6, 6.07) is 0. The molecule has 4 heteroatoms. The summed E-state index contributed by atoms with van der Waals surface area (Å²) in [5.74, 6) is 1.40. The third kappa shape index (κ3) is 2.60. The molecule has 0 aliphatic heterocycles. The van der Waals surface area contributed by atoms with E-state index in [0.29, 0.717) is 11.8 Å². The van der Waals surface area contributed by atoms with Crippen LogP contribution in [0.25, 0.3) is 0 Å². The predicted molar refractivity (Wildman–Crippen MR) is 77.3 cm³/mol. The van der Waals surface area contributed by atoms with Gasteiger partial charge >= 0.3 is 11.9 Å². The molecule has 4 saturated carbocycles. The van der Waals surface area contributed by atoms with Crippen LogP contribution >= 0.6 is 0 Å². The molecular weight excluding hydrogens is 268 g/mol. The van der Waals surface area contributed by atoms with Crippen LogP contribution in [-0.2, 0) is 19.1 Å². The third-order valence-corrected chi connectivity index (χ3v) is 5.27. The summed E-state index contributed by atoms with van der Waals surface area (Å²) in [5, 5.41) is 0. The Kier molecular flexibility index (Phi) is 4.05. The van der Waals surface area contributed by atoms with E-state index in [1.807, 2.05) is 0 Å². The molecule has 4 fully saturated rings. The first-order chi connectivity index (χ1) is 10.1. The highest BCUT2D eigenvalue weighted by atomic mass is 16.6. The van der Waals surface area contributed by atoms with E-state index in [9.17, 15) is 9.59 Å². The largest absolute Gasteiger partial charge is 0.462 e. The molecule has 0 radical (unpaired) electrons. The van der Waals surface area contributed by atoms with Gasteiger partial charge in [0.1, 0.15) is 5.57 Å². The maximum Gasteiger partial charge on any atom is 0.345 e. The zero-order valence-corrected chi connectivity index (χ0v) is 12.9. The zero-order chi connectivity index (χ0) is 15.0. The Bertz CT molecular complexity index is 427. The quantitative estimate of drug-likeness (QED) is 0.346. The number of carbonyl (C=O) groups is 2. The average Bonchev–Trinajstić information content (AvgIpc) is 2.42. The van der Waals surface area contributed by atoms with Crippen molar-refractivity contribution in [2.24, 2.45) is 23.7 Å². The van der Waals surface area contributed by atoms with E-state index < -0.39 is 11.9 Å². The Hall–Kier alpha value is -1.32. The molecule has 0 amide bonds. The Morgan fingerprint density at radius 3 is 1.67 bits per heavy atom. The van der Waals surface area contributed by atoms with Crippen molar-refractivity contribution >= 4 is 11.9 Å². The van der Waals surface area contributed by atoms with Gasteiger partial charge in [0, 0.05) is 0 Å². The van der Waals surface area contributed by atoms with Crippen molar-refractivity contribution in [3.05, 3.63) is 11.1 Å². The Morgan fingerprint density at radius 2 is 1.29 bits per heavy atom. The standard InChI is InChI=1S/C17H24O4/c1-3-20-16(18)15(17(19)21-4-2)14-12-6-10-5-11(8-12)9-13(14)7-10/h10-13H,3-9H2,1-2H3. The van der Waals surface area contributed by atoms with Gasteiger partial charge in [-0.3, -0.25) is 0 Å². The minimum Gasteiger partial charge on any atom is -0.462 e. The smallest absolute Gasteiger partial charge is 0.345 e. The summed E-state index contributed by atoms with van der Waals surface area (Å²) in [4.78, 5) is 24.6. The maximum atomic E-state index is 12.3. The lowest BCUT2D eigenvalue weighted by atomic mass is 9.53. The van der Waals surface area contributed by atoms with E-state index in [1.165, 1.54) is 6.42 Å². The van der Waals surface area contributed by atoms with Crippen molar-refractivity contribution in [1.82, 2.24) is 0 Å². The van der Waals surface area contributed by atoms with Crippen LogP contribution in [0.4, 0.5) is 0 Å². The molecule has 4 aliphatic rings. The molecule has 116 valence electrons. The molecule has 0 atom stereocenters.